The second kappa shape index (κ2) is 12.1. The molecule has 0 aromatic heterocycles. The summed E-state index contributed by atoms with van der Waals surface area (Å²) in [6.07, 6.45) is 1.86. The molecule has 0 heterocycles. The van der Waals surface area contributed by atoms with E-state index >= 15 is 0 Å². The van der Waals surface area contributed by atoms with Gasteiger partial charge in [0.1, 0.15) is 23.0 Å². The molecule has 3 rings (SSSR count). The minimum absolute atomic E-state index is 0.0665. The van der Waals surface area contributed by atoms with Gasteiger partial charge in [0.2, 0.25) is 6.41 Å². The quantitative estimate of drug-likeness (QED) is 0.288. The van der Waals surface area contributed by atoms with Gasteiger partial charge in [0, 0.05) is 24.7 Å². The summed E-state index contributed by atoms with van der Waals surface area (Å²) in [7, 11) is -3.71. The number of ketones is 2. The summed E-state index contributed by atoms with van der Waals surface area (Å²) >= 11 is 0. The van der Waals surface area contributed by atoms with E-state index in [1.165, 1.54) is 18.2 Å². The average molecular weight is 494 g/mol. The fraction of sp³-hybridized carbons (Fsp3) is 0.222. The van der Waals surface area contributed by atoms with E-state index in [1.807, 2.05) is 60.7 Å². The molecule has 1 amide bonds. The van der Waals surface area contributed by atoms with Crippen molar-refractivity contribution in [3.8, 4) is 5.75 Å². The molecule has 7 nitrogen and oxygen atoms in total. The van der Waals surface area contributed by atoms with Gasteiger partial charge in [0.05, 0.1) is 6.04 Å². The topological polar surface area (TPSA) is 107 Å². The van der Waals surface area contributed by atoms with Gasteiger partial charge >= 0.3 is 0 Å². The Morgan fingerprint density at radius 2 is 1.57 bits per heavy atom. The first kappa shape index (κ1) is 25.8. The molecular weight excluding hydrogens is 466 g/mol. The number of Topliss-reactive ketones (excluding diaryl/α,β-unsaturated/α-hetero) is 2. The molecule has 0 aliphatic carbocycles. The van der Waals surface area contributed by atoms with E-state index in [2.05, 4.69) is 5.32 Å². The molecule has 8 heteroatoms. The summed E-state index contributed by atoms with van der Waals surface area (Å²) in [5.74, 6) is -0.418. The maximum atomic E-state index is 13.1. The molecule has 0 spiro atoms. The molecule has 0 bridgehead atoms. The van der Waals surface area contributed by atoms with Crippen LogP contribution in [-0.4, -0.2) is 38.7 Å². The highest BCUT2D eigenvalue weighted by Gasteiger charge is 2.24. The van der Waals surface area contributed by atoms with Crippen molar-refractivity contribution in [2.24, 2.45) is 0 Å². The number of hydrogen-bond acceptors (Lipinski definition) is 6. The smallest absolute Gasteiger partial charge is 0.207 e. The van der Waals surface area contributed by atoms with Gasteiger partial charge in [-0.2, -0.15) is 0 Å². The molecule has 1 N–H and O–H groups in total. The highest BCUT2D eigenvalue weighted by molar-refractivity contribution is 7.90. The lowest BCUT2D eigenvalue weighted by molar-refractivity contribution is -0.118. The van der Waals surface area contributed by atoms with Crippen LogP contribution >= 0.6 is 0 Å². The Morgan fingerprint density at radius 3 is 2.17 bits per heavy atom. The molecule has 0 fully saturated rings. The molecule has 0 saturated carbocycles. The lowest BCUT2D eigenvalue weighted by atomic mass is 9.97. The number of hydrogen-bond donors (Lipinski definition) is 1. The van der Waals surface area contributed by atoms with Crippen LogP contribution in [0, 0.1) is 0 Å². The summed E-state index contributed by atoms with van der Waals surface area (Å²) in [4.78, 5) is 36.5. The Hall–Kier alpha value is -3.78. The summed E-state index contributed by atoms with van der Waals surface area (Å²) in [5.41, 5.74) is 1.84. The number of carbonyl (C=O) groups is 3. The number of ether oxygens (including phenoxy) is 1. The molecule has 0 saturated heterocycles. The van der Waals surface area contributed by atoms with Gasteiger partial charge in [-0.25, -0.2) is 8.42 Å². The standard InChI is InChI=1S/C27H27NO6S/c1-35(32,33)26-17-22(12-15-25(26)34-18-21-10-6-3-7-11-21)27(31)24(28-19-29)14-13-23(30)16-20-8-4-2-5-9-20/h2-12,15,17,19,24H,13-14,16,18H2,1H3,(H,28,29). The largest absolute Gasteiger partial charge is 0.488 e. The minimum atomic E-state index is -3.71. The lowest BCUT2D eigenvalue weighted by Crippen LogP contribution is -2.36. The molecule has 35 heavy (non-hydrogen) atoms. The fourth-order valence-electron chi connectivity index (χ4n) is 3.60. The second-order valence-electron chi connectivity index (χ2n) is 8.15. The molecule has 0 radical (unpaired) electrons. The maximum absolute atomic E-state index is 13.1. The number of benzene rings is 3. The van der Waals surface area contributed by atoms with Crippen molar-refractivity contribution in [1.29, 1.82) is 0 Å². The van der Waals surface area contributed by atoms with Crippen LogP contribution < -0.4 is 10.1 Å². The van der Waals surface area contributed by atoms with Gasteiger partial charge in [0.25, 0.3) is 0 Å². The third kappa shape index (κ3) is 7.61. The van der Waals surface area contributed by atoms with Crippen LogP contribution in [0.1, 0.15) is 34.3 Å². The minimum Gasteiger partial charge on any atom is -0.488 e. The van der Waals surface area contributed by atoms with Gasteiger partial charge in [-0.3, -0.25) is 14.4 Å². The number of nitrogens with one attached hydrogen (secondary N) is 1. The van der Waals surface area contributed by atoms with E-state index < -0.39 is 21.7 Å². The summed E-state index contributed by atoms with van der Waals surface area (Å²) in [6.45, 7) is 0.162. The molecule has 182 valence electrons. The maximum Gasteiger partial charge on any atom is 0.207 e. The van der Waals surface area contributed by atoms with Crippen LogP contribution in [0.15, 0.2) is 83.8 Å². The van der Waals surface area contributed by atoms with Gasteiger partial charge in [-0.15, -0.1) is 0 Å². The monoisotopic (exact) mass is 493 g/mol. The van der Waals surface area contributed by atoms with Crippen molar-refractivity contribution in [1.82, 2.24) is 5.32 Å². The molecular formula is C27H27NO6S. The van der Waals surface area contributed by atoms with Crippen LogP contribution in [0.4, 0.5) is 0 Å². The van der Waals surface area contributed by atoms with Crippen molar-refractivity contribution in [3.63, 3.8) is 0 Å². The Kier molecular flexibility index (Phi) is 8.92. The zero-order chi connectivity index (χ0) is 25.3. The number of sulfone groups is 1. The van der Waals surface area contributed by atoms with Crippen molar-refractivity contribution in [3.05, 3.63) is 95.6 Å². The van der Waals surface area contributed by atoms with Crippen LogP contribution in [0.25, 0.3) is 0 Å². The van der Waals surface area contributed by atoms with Crippen molar-refractivity contribution in [2.75, 3.05) is 6.26 Å². The van der Waals surface area contributed by atoms with Gasteiger partial charge in [0.15, 0.2) is 15.6 Å². The van der Waals surface area contributed by atoms with E-state index in [4.69, 9.17) is 4.74 Å². The normalized spacial score (nSPS) is 11.9. The van der Waals surface area contributed by atoms with Crippen molar-refractivity contribution >= 4 is 27.8 Å². The van der Waals surface area contributed by atoms with E-state index in [1.54, 1.807) is 0 Å². The predicted molar refractivity (Wildman–Crippen MR) is 132 cm³/mol. The molecule has 3 aromatic carbocycles. The second-order valence-corrected chi connectivity index (χ2v) is 10.1. The van der Waals surface area contributed by atoms with E-state index in [-0.39, 0.29) is 47.9 Å². The van der Waals surface area contributed by atoms with Crippen LogP contribution in [-0.2, 0) is 32.5 Å². The van der Waals surface area contributed by atoms with E-state index in [9.17, 15) is 22.8 Å². The molecule has 1 unspecified atom stereocenters. The van der Waals surface area contributed by atoms with Crippen LogP contribution in [0.5, 0.6) is 5.75 Å². The number of amides is 1. The highest BCUT2D eigenvalue weighted by atomic mass is 32.2. The lowest BCUT2D eigenvalue weighted by Gasteiger charge is -2.16. The van der Waals surface area contributed by atoms with Crippen LogP contribution in [0.2, 0.25) is 0 Å². The Morgan fingerprint density at radius 1 is 0.943 bits per heavy atom. The Labute approximate surface area is 205 Å². The average Bonchev–Trinajstić information content (AvgIpc) is 2.85. The third-order valence-corrected chi connectivity index (χ3v) is 6.52. The Balaban J connectivity index is 1.74. The first-order chi connectivity index (χ1) is 16.8. The zero-order valence-electron chi connectivity index (χ0n) is 19.3. The van der Waals surface area contributed by atoms with Gasteiger partial charge in [-0.1, -0.05) is 60.7 Å². The van der Waals surface area contributed by atoms with Crippen LogP contribution in [0.3, 0.4) is 0 Å². The third-order valence-electron chi connectivity index (χ3n) is 5.41. The number of rotatable bonds is 13. The highest BCUT2D eigenvalue weighted by Crippen LogP contribution is 2.27. The fourth-order valence-corrected chi connectivity index (χ4v) is 4.43. The van der Waals surface area contributed by atoms with E-state index in [0.29, 0.717) is 6.41 Å². The molecule has 0 aliphatic rings. The first-order valence-corrected chi connectivity index (χ1v) is 13.0. The predicted octanol–water partition coefficient (Wildman–Crippen LogP) is 3.56. The Bertz CT molecular complexity index is 1270. The van der Waals surface area contributed by atoms with Gasteiger partial charge < -0.3 is 10.1 Å². The molecule has 3 aromatic rings. The summed E-state index contributed by atoms with van der Waals surface area (Å²) in [5, 5.41) is 2.46. The van der Waals surface area contributed by atoms with Crippen molar-refractivity contribution in [2.45, 2.75) is 36.8 Å². The van der Waals surface area contributed by atoms with E-state index in [0.717, 1.165) is 17.4 Å². The molecule has 0 aliphatic heterocycles. The summed E-state index contributed by atoms with van der Waals surface area (Å²) < 4.78 is 30.6. The van der Waals surface area contributed by atoms with Gasteiger partial charge in [-0.05, 0) is 35.7 Å². The SMILES string of the molecule is CS(=O)(=O)c1cc(C(=O)C(CCC(=O)Cc2ccccc2)NC=O)ccc1OCc1ccccc1. The summed E-state index contributed by atoms with van der Waals surface area (Å²) in [6, 6.07) is 21.7. The number of carbonyl (C=O) groups excluding carboxylic acids is 3. The molecule has 1 atom stereocenters. The zero-order valence-corrected chi connectivity index (χ0v) is 20.2. The van der Waals surface area contributed by atoms with Crippen molar-refractivity contribution < 1.29 is 27.5 Å². The first-order valence-electron chi connectivity index (χ1n) is 11.1.